The molecule has 0 radical (unpaired) electrons. The van der Waals surface area contributed by atoms with E-state index in [1.165, 1.54) is 5.56 Å². The average molecular weight is 276 g/mol. The molecule has 0 aliphatic rings. The Kier molecular flexibility index (Phi) is 3.87. The number of halogens is 2. The van der Waals surface area contributed by atoms with Crippen molar-refractivity contribution in [3.8, 4) is 0 Å². The van der Waals surface area contributed by atoms with Crippen molar-refractivity contribution in [3.63, 3.8) is 0 Å². The van der Waals surface area contributed by atoms with E-state index >= 15 is 0 Å². The molecule has 0 fully saturated rings. The minimum atomic E-state index is 0.308. The molecular formula is C9H8Br2. The van der Waals surface area contributed by atoms with Crippen LogP contribution in [0.25, 0.3) is 0 Å². The Morgan fingerprint density at radius 3 is 2.36 bits per heavy atom. The normalized spacial score (nSPS) is 13.6. The van der Waals surface area contributed by atoms with Crippen LogP contribution >= 0.6 is 31.9 Å². The van der Waals surface area contributed by atoms with Crippen LogP contribution in [0, 0.1) is 0 Å². The van der Waals surface area contributed by atoms with Gasteiger partial charge < -0.3 is 0 Å². The van der Waals surface area contributed by atoms with Crippen LogP contribution in [0.4, 0.5) is 0 Å². The standard InChI is InChI=1S/C9H8Br2/c10-7-6-9(11)8-4-2-1-3-5-8/h1-7,9H. The molecular weight excluding hydrogens is 268 g/mol. The maximum Gasteiger partial charge on any atom is 0.0583 e. The molecule has 0 aromatic heterocycles. The summed E-state index contributed by atoms with van der Waals surface area (Å²) in [5, 5.41) is 0. The van der Waals surface area contributed by atoms with E-state index < -0.39 is 0 Å². The second kappa shape index (κ2) is 4.73. The molecule has 0 amide bonds. The van der Waals surface area contributed by atoms with Crippen molar-refractivity contribution < 1.29 is 0 Å². The smallest absolute Gasteiger partial charge is 0.0583 e. The van der Waals surface area contributed by atoms with Crippen LogP contribution in [-0.4, -0.2) is 0 Å². The first-order chi connectivity index (χ1) is 5.34. The van der Waals surface area contributed by atoms with Crippen LogP contribution < -0.4 is 0 Å². The van der Waals surface area contributed by atoms with E-state index in [2.05, 4.69) is 44.0 Å². The average Bonchev–Trinajstić information content (AvgIpc) is 2.07. The molecule has 0 spiro atoms. The second-order valence-electron chi connectivity index (χ2n) is 2.13. The summed E-state index contributed by atoms with van der Waals surface area (Å²) < 4.78 is 0. The van der Waals surface area contributed by atoms with Gasteiger partial charge >= 0.3 is 0 Å². The molecule has 0 saturated heterocycles. The lowest BCUT2D eigenvalue weighted by atomic mass is 10.2. The van der Waals surface area contributed by atoms with Crippen molar-refractivity contribution in [1.82, 2.24) is 0 Å². The predicted molar refractivity (Wildman–Crippen MR) is 56.2 cm³/mol. The number of rotatable bonds is 2. The van der Waals surface area contributed by atoms with Gasteiger partial charge in [0.25, 0.3) is 0 Å². The van der Waals surface area contributed by atoms with Gasteiger partial charge in [-0.15, -0.1) is 0 Å². The van der Waals surface area contributed by atoms with Crippen molar-refractivity contribution in [2.75, 3.05) is 0 Å². The van der Waals surface area contributed by atoms with Gasteiger partial charge in [0.15, 0.2) is 0 Å². The first kappa shape index (κ1) is 9.01. The Hall–Kier alpha value is -0.0800. The van der Waals surface area contributed by atoms with Gasteiger partial charge in [-0.05, 0) is 10.5 Å². The SMILES string of the molecule is BrC=CC(Br)c1ccccc1. The van der Waals surface area contributed by atoms with E-state index in [9.17, 15) is 0 Å². The summed E-state index contributed by atoms with van der Waals surface area (Å²) in [5.41, 5.74) is 1.27. The summed E-state index contributed by atoms with van der Waals surface area (Å²) >= 11 is 6.77. The topological polar surface area (TPSA) is 0 Å². The van der Waals surface area contributed by atoms with Gasteiger partial charge in [-0.2, -0.15) is 0 Å². The Balaban J connectivity index is 2.76. The van der Waals surface area contributed by atoms with Gasteiger partial charge in [0.05, 0.1) is 4.83 Å². The summed E-state index contributed by atoms with van der Waals surface area (Å²) in [5.74, 6) is 0. The molecule has 1 unspecified atom stereocenters. The van der Waals surface area contributed by atoms with E-state index in [1.54, 1.807) is 0 Å². The Morgan fingerprint density at radius 2 is 1.82 bits per heavy atom. The fourth-order valence-corrected chi connectivity index (χ4v) is 1.98. The number of benzene rings is 1. The van der Waals surface area contributed by atoms with E-state index in [0.29, 0.717) is 4.83 Å². The summed E-state index contributed by atoms with van der Waals surface area (Å²) in [4.78, 5) is 2.17. The maximum absolute atomic E-state index is 3.53. The van der Waals surface area contributed by atoms with Crippen LogP contribution in [0.15, 0.2) is 41.4 Å². The third kappa shape index (κ3) is 2.80. The van der Waals surface area contributed by atoms with Crippen molar-refractivity contribution >= 4 is 31.9 Å². The van der Waals surface area contributed by atoms with Crippen molar-refractivity contribution in [2.45, 2.75) is 4.83 Å². The summed E-state index contributed by atoms with van der Waals surface area (Å²) in [6.07, 6.45) is 2.04. The van der Waals surface area contributed by atoms with Crippen LogP contribution in [0.1, 0.15) is 10.4 Å². The van der Waals surface area contributed by atoms with Crippen LogP contribution in [0.2, 0.25) is 0 Å². The molecule has 0 saturated carbocycles. The van der Waals surface area contributed by atoms with Gasteiger partial charge in [0.1, 0.15) is 0 Å². The molecule has 0 aliphatic carbocycles. The van der Waals surface area contributed by atoms with Crippen molar-refractivity contribution in [1.29, 1.82) is 0 Å². The molecule has 1 aromatic rings. The first-order valence-electron chi connectivity index (χ1n) is 3.30. The molecule has 0 aliphatic heterocycles. The molecule has 1 aromatic carbocycles. The third-order valence-corrected chi connectivity index (χ3v) is 2.50. The molecule has 0 nitrogen and oxygen atoms in total. The summed E-state index contributed by atoms with van der Waals surface area (Å²) in [6.45, 7) is 0. The summed E-state index contributed by atoms with van der Waals surface area (Å²) in [7, 11) is 0. The number of hydrogen-bond donors (Lipinski definition) is 0. The minimum absolute atomic E-state index is 0.308. The number of allylic oxidation sites excluding steroid dienone is 1. The lowest BCUT2D eigenvalue weighted by Crippen LogP contribution is -1.82. The van der Waals surface area contributed by atoms with Gasteiger partial charge in [0.2, 0.25) is 0 Å². The molecule has 1 rings (SSSR count). The Bertz CT molecular complexity index is 229. The van der Waals surface area contributed by atoms with Gasteiger partial charge in [-0.3, -0.25) is 0 Å². The molecule has 11 heavy (non-hydrogen) atoms. The number of hydrogen-bond acceptors (Lipinski definition) is 0. The fraction of sp³-hybridized carbons (Fsp3) is 0.111. The van der Waals surface area contributed by atoms with Gasteiger partial charge in [-0.1, -0.05) is 68.3 Å². The zero-order valence-corrected chi connectivity index (χ0v) is 9.05. The number of alkyl halides is 1. The van der Waals surface area contributed by atoms with Crippen LogP contribution in [0.3, 0.4) is 0 Å². The predicted octanol–water partition coefficient (Wildman–Crippen LogP) is 4.03. The second-order valence-corrected chi connectivity index (χ2v) is 3.65. The Morgan fingerprint density at radius 1 is 1.18 bits per heavy atom. The molecule has 2 heteroatoms. The lowest BCUT2D eigenvalue weighted by molar-refractivity contribution is 1.26. The van der Waals surface area contributed by atoms with Crippen molar-refractivity contribution in [2.24, 2.45) is 0 Å². The van der Waals surface area contributed by atoms with Crippen molar-refractivity contribution in [3.05, 3.63) is 47.0 Å². The maximum atomic E-state index is 3.53. The highest BCUT2D eigenvalue weighted by Crippen LogP contribution is 2.23. The van der Waals surface area contributed by atoms with Crippen LogP contribution in [0.5, 0.6) is 0 Å². The van der Waals surface area contributed by atoms with E-state index in [4.69, 9.17) is 0 Å². The first-order valence-corrected chi connectivity index (χ1v) is 5.13. The summed E-state index contributed by atoms with van der Waals surface area (Å²) in [6, 6.07) is 10.3. The largest absolute Gasteiger partial charge is 0.0793 e. The quantitative estimate of drug-likeness (QED) is 0.715. The lowest BCUT2D eigenvalue weighted by Gasteiger charge is -2.02. The van der Waals surface area contributed by atoms with E-state index in [1.807, 2.05) is 29.3 Å². The fourth-order valence-electron chi connectivity index (χ4n) is 0.812. The highest BCUT2D eigenvalue weighted by molar-refractivity contribution is 9.11. The molecule has 0 N–H and O–H groups in total. The molecule has 58 valence electrons. The van der Waals surface area contributed by atoms with Gasteiger partial charge in [0, 0.05) is 0 Å². The third-order valence-electron chi connectivity index (χ3n) is 1.36. The van der Waals surface area contributed by atoms with E-state index in [-0.39, 0.29) is 0 Å². The van der Waals surface area contributed by atoms with E-state index in [0.717, 1.165) is 0 Å². The molecule has 0 bridgehead atoms. The monoisotopic (exact) mass is 274 g/mol. The zero-order valence-electron chi connectivity index (χ0n) is 5.87. The molecule has 0 heterocycles. The highest BCUT2D eigenvalue weighted by Gasteiger charge is 1.99. The Labute approximate surface area is 83.6 Å². The minimum Gasteiger partial charge on any atom is -0.0793 e. The zero-order chi connectivity index (χ0) is 8.10. The van der Waals surface area contributed by atoms with Crippen LogP contribution in [-0.2, 0) is 0 Å². The van der Waals surface area contributed by atoms with Gasteiger partial charge in [-0.25, -0.2) is 0 Å². The highest BCUT2D eigenvalue weighted by atomic mass is 79.9. The molecule has 1 atom stereocenters.